The van der Waals surface area contributed by atoms with E-state index in [4.69, 9.17) is 5.73 Å². The van der Waals surface area contributed by atoms with Crippen LogP contribution in [0.3, 0.4) is 0 Å². The van der Waals surface area contributed by atoms with E-state index in [9.17, 15) is 4.79 Å². The van der Waals surface area contributed by atoms with E-state index in [0.717, 1.165) is 16.4 Å². The molecule has 0 radical (unpaired) electrons. The average molecular weight is 360 g/mol. The number of carbonyl (C=O) groups excluding carboxylic acids is 1. The summed E-state index contributed by atoms with van der Waals surface area (Å²) in [6.45, 7) is 6.64. The van der Waals surface area contributed by atoms with Crippen LogP contribution in [0.4, 0.5) is 0 Å². The number of rotatable bonds is 5. The summed E-state index contributed by atoms with van der Waals surface area (Å²) < 4.78 is 1.10. The fourth-order valence-electron chi connectivity index (χ4n) is 1.59. The highest BCUT2D eigenvalue weighted by Gasteiger charge is 2.21. The second-order valence-electron chi connectivity index (χ2n) is 4.72. The van der Waals surface area contributed by atoms with Gasteiger partial charge in [0.1, 0.15) is 0 Å². The normalized spacial score (nSPS) is 11.4. The van der Waals surface area contributed by atoms with E-state index >= 15 is 0 Å². The Morgan fingerprint density at radius 3 is 2.50 bits per heavy atom. The molecule has 1 amide bonds. The molecule has 0 heterocycles. The van der Waals surface area contributed by atoms with Gasteiger partial charge in [-0.2, -0.15) is 0 Å². The smallest absolute Gasteiger partial charge is 0.251 e. The Hall–Kier alpha value is -0.620. The van der Waals surface area contributed by atoms with Crippen molar-refractivity contribution in [1.82, 2.24) is 5.32 Å². The van der Waals surface area contributed by atoms with E-state index < -0.39 is 0 Å². The number of carbonyl (C=O) groups is 1. The molecule has 100 valence electrons. The standard InChI is InChI=1S/C14H21IN2O/c1-4-14(16,5-2)9-17-13(18)11-7-6-10(3)12(15)8-11/h6-8H,4-5,9,16H2,1-3H3,(H,17,18). The van der Waals surface area contributed by atoms with E-state index in [-0.39, 0.29) is 11.4 Å². The molecule has 18 heavy (non-hydrogen) atoms. The first-order chi connectivity index (χ1) is 8.41. The van der Waals surface area contributed by atoms with Crippen molar-refractivity contribution in [2.75, 3.05) is 6.54 Å². The number of halogens is 1. The molecule has 0 aliphatic heterocycles. The van der Waals surface area contributed by atoms with Crippen molar-refractivity contribution in [3.8, 4) is 0 Å². The largest absolute Gasteiger partial charge is 0.350 e. The summed E-state index contributed by atoms with van der Waals surface area (Å²) in [6, 6.07) is 5.72. The van der Waals surface area contributed by atoms with Crippen molar-refractivity contribution >= 4 is 28.5 Å². The van der Waals surface area contributed by atoms with E-state index in [0.29, 0.717) is 12.1 Å². The number of hydrogen-bond donors (Lipinski definition) is 2. The number of hydrogen-bond acceptors (Lipinski definition) is 2. The van der Waals surface area contributed by atoms with Gasteiger partial charge in [0, 0.05) is 21.2 Å². The first kappa shape index (κ1) is 15.4. The summed E-state index contributed by atoms with van der Waals surface area (Å²) >= 11 is 2.24. The van der Waals surface area contributed by atoms with Gasteiger partial charge in [-0.05, 0) is 60.1 Å². The highest BCUT2D eigenvalue weighted by atomic mass is 127. The van der Waals surface area contributed by atoms with Crippen LogP contribution in [0.1, 0.15) is 42.6 Å². The maximum absolute atomic E-state index is 12.0. The van der Waals surface area contributed by atoms with Crippen LogP contribution >= 0.6 is 22.6 Å². The van der Waals surface area contributed by atoms with E-state index in [1.165, 1.54) is 5.56 Å². The molecular formula is C14H21IN2O. The number of nitrogens with two attached hydrogens (primary N) is 1. The van der Waals surface area contributed by atoms with Crippen molar-refractivity contribution in [3.63, 3.8) is 0 Å². The van der Waals surface area contributed by atoms with Gasteiger partial charge in [-0.1, -0.05) is 19.9 Å². The minimum Gasteiger partial charge on any atom is -0.350 e. The predicted octanol–water partition coefficient (Wildman–Crippen LogP) is 2.85. The molecule has 0 atom stereocenters. The predicted molar refractivity (Wildman–Crippen MR) is 83.7 cm³/mol. The van der Waals surface area contributed by atoms with E-state index in [1.54, 1.807) is 0 Å². The molecule has 0 fully saturated rings. The number of nitrogens with one attached hydrogen (secondary N) is 1. The number of benzene rings is 1. The van der Waals surface area contributed by atoms with Gasteiger partial charge in [0.2, 0.25) is 0 Å². The fourth-order valence-corrected chi connectivity index (χ4v) is 2.11. The van der Waals surface area contributed by atoms with Crippen LogP contribution in [0.5, 0.6) is 0 Å². The molecule has 3 nitrogen and oxygen atoms in total. The molecule has 1 aromatic rings. The van der Waals surface area contributed by atoms with E-state index in [1.807, 2.05) is 39.0 Å². The minimum atomic E-state index is -0.298. The third kappa shape index (κ3) is 3.95. The fraction of sp³-hybridized carbons (Fsp3) is 0.500. The second-order valence-corrected chi connectivity index (χ2v) is 5.88. The first-order valence-electron chi connectivity index (χ1n) is 6.25. The Morgan fingerprint density at radius 2 is 2.00 bits per heavy atom. The van der Waals surface area contributed by atoms with Gasteiger partial charge >= 0.3 is 0 Å². The number of amides is 1. The average Bonchev–Trinajstić information content (AvgIpc) is 2.38. The lowest BCUT2D eigenvalue weighted by atomic mass is 9.94. The highest BCUT2D eigenvalue weighted by Crippen LogP contribution is 2.14. The van der Waals surface area contributed by atoms with Gasteiger partial charge < -0.3 is 11.1 Å². The minimum absolute atomic E-state index is 0.0513. The molecule has 1 rings (SSSR count). The van der Waals surface area contributed by atoms with Crippen molar-refractivity contribution < 1.29 is 4.79 Å². The van der Waals surface area contributed by atoms with Gasteiger partial charge in [-0.15, -0.1) is 0 Å². The Morgan fingerprint density at radius 1 is 1.39 bits per heavy atom. The third-order valence-corrected chi connectivity index (χ3v) is 4.61. The van der Waals surface area contributed by atoms with Crippen molar-refractivity contribution in [3.05, 3.63) is 32.9 Å². The van der Waals surface area contributed by atoms with Crippen molar-refractivity contribution in [2.45, 2.75) is 39.2 Å². The summed E-state index contributed by atoms with van der Waals surface area (Å²) in [6.07, 6.45) is 1.71. The van der Waals surface area contributed by atoms with Crippen LogP contribution in [0.25, 0.3) is 0 Å². The molecule has 4 heteroatoms. The van der Waals surface area contributed by atoms with E-state index in [2.05, 4.69) is 27.9 Å². The molecule has 0 unspecified atom stereocenters. The quantitative estimate of drug-likeness (QED) is 0.794. The highest BCUT2D eigenvalue weighted by molar-refractivity contribution is 14.1. The summed E-state index contributed by atoms with van der Waals surface area (Å²) in [5, 5.41) is 2.92. The van der Waals surface area contributed by atoms with Gasteiger partial charge in [0.05, 0.1) is 0 Å². The second kappa shape index (κ2) is 6.52. The molecule has 1 aromatic carbocycles. The molecule has 0 bridgehead atoms. The Kier molecular flexibility index (Phi) is 5.59. The lowest BCUT2D eigenvalue weighted by Gasteiger charge is -2.26. The molecule has 0 saturated carbocycles. The van der Waals surface area contributed by atoms with Crippen LogP contribution in [-0.4, -0.2) is 18.0 Å². The monoisotopic (exact) mass is 360 g/mol. The lowest BCUT2D eigenvalue weighted by Crippen LogP contribution is -2.49. The molecular weight excluding hydrogens is 339 g/mol. The summed E-state index contributed by atoms with van der Waals surface area (Å²) in [5.41, 5.74) is 7.74. The van der Waals surface area contributed by atoms with Gasteiger partial charge in [-0.3, -0.25) is 4.79 Å². The Bertz CT molecular complexity index is 428. The summed E-state index contributed by atoms with van der Waals surface area (Å²) in [5.74, 6) is -0.0513. The molecule has 0 aromatic heterocycles. The van der Waals surface area contributed by atoms with Crippen LogP contribution in [-0.2, 0) is 0 Å². The van der Waals surface area contributed by atoms with Crippen molar-refractivity contribution in [2.24, 2.45) is 5.73 Å². The zero-order valence-corrected chi connectivity index (χ0v) is 13.4. The molecule has 3 N–H and O–H groups in total. The zero-order valence-electron chi connectivity index (χ0n) is 11.2. The Balaban J connectivity index is 2.68. The molecule has 0 aliphatic carbocycles. The SMILES string of the molecule is CCC(N)(CC)CNC(=O)c1ccc(C)c(I)c1. The Labute approximate surface area is 123 Å². The van der Waals surface area contributed by atoms with Gasteiger partial charge in [0.15, 0.2) is 0 Å². The van der Waals surface area contributed by atoms with Gasteiger partial charge in [-0.25, -0.2) is 0 Å². The summed E-state index contributed by atoms with van der Waals surface area (Å²) in [7, 11) is 0. The van der Waals surface area contributed by atoms with Crippen LogP contribution in [0.15, 0.2) is 18.2 Å². The van der Waals surface area contributed by atoms with Gasteiger partial charge in [0.25, 0.3) is 5.91 Å². The molecule has 0 spiro atoms. The van der Waals surface area contributed by atoms with Crippen LogP contribution in [0.2, 0.25) is 0 Å². The maximum atomic E-state index is 12.0. The van der Waals surface area contributed by atoms with Crippen molar-refractivity contribution in [1.29, 1.82) is 0 Å². The lowest BCUT2D eigenvalue weighted by molar-refractivity contribution is 0.0942. The number of aryl methyl sites for hydroxylation is 1. The zero-order chi connectivity index (χ0) is 13.8. The maximum Gasteiger partial charge on any atom is 0.251 e. The third-order valence-electron chi connectivity index (χ3n) is 3.44. The topological polar surface area (TPSA) is 55.1 Å². The van der Waals surface area contributed by atoms with Crippen LogP contribution in [0, 0.1) is 10.5 Å². The summed E-state index contributed by atoms with van der Waals surface area (Å²) in [4.78, 5) is 12.0. The molecule has 0 aliphatic rings. The van der Waals surface area contributed by atoms with Crippen LogP contribution < -0.4 is 11.1 Å². The first-order valence-corrected chi connectivity index (χ1v) is 7.33. The molecule has 0 saturated heterocycles.